The van der Waals surface area contributed by atoms with Crippen LogP contribution in [0, 0.1) is 0 Å². The lowest BCUT2D eigenvalue weighted by Gasteiger charge is -2.21. The third-order valence-electron chi connectivity index (χ3n) is 1.80. The van der Waals surface area contributed by atoms with E-state index in [-0.39, 0.29) is 12.4 Å². The highest BCUT2D eigenvalue weighted by Crippen LogP contribution is 2.09. The molecule has 17 heavy (non-hydrogen) atoms. The Morgan fingerprint density at radius 2 is 2.24 bits per heavy atom. The van der Waals surface area contributed by atoms with Crippen LogP contribution in [0.2, 0.25) is 0 Å². The SMILES string of the molecule is CC(C)(C)OC(=O)CC(N)Nc1ccccn1. The molecule has 0 bridgehead atoms. The number of pyridine rings is 1. The van der Waals surface area contributed by atoms with E-state index in [0.29, 0.717) is 5.82 Å². The van der Waals surface area contributed by atoms with E-state index in [0.717, 1.165) is 0 Å². The van der Waals surface area contributed by atoms with Gasteiger partial charge in [0.25, 0.3) is 0 Å². The zero-order valence-corrected chi connectivity index (χ0v) is 10.4. The maximum Gasteiger partial charge on any atom is 0.309 e. The lowest BCUT2D eigenvalue weighted by molar-refractivity contribution is -0.155. The summed E-state index contributed by atoms with van der Waals surface area (Å²) in [6.45, 7) is 5.47. The van der Waals surface area contributed by atoms with Crippen LogP contribution in [0.5, 0.6) is 0 Å². The van der Waals surface area contributed by atoms with Crippen LogP contribution in [0.3, 0.4) is 0 Å². The van der Waals surface area contributed by atoms with Crippen LogP contribution in [-0.2, 0) is 9.53 Å². The Hall–Kier alpha value is -1.62. The summed E-state index contributed by atoms with van der Waals surface area (Å²) >= 11 is 0. The minimum Gasteiger partial charge on any atom is -0.460 e. The van der Waals surface area contributed by atoms with Gasteiger partial charge in [0.05, 0.1) is 12.6 Å². The Morgan fingerprint density at radius 3 is 2.76 bits per heavy atom. The minimum atomic E-state index is -0.500. The van der Waals surface area contributed by atoms with E-state index in [9.17, 15) is 4.79 Å². The molecule has 0 saturated carbocycles. The molecule has 94 valence electrons. The van der Waals surface area contributed by atoms with Gasteiger partial charge in [0.1, 0.15) is 11.4 Å². The fourth-order valence-electron chi connectivity index (χ4n) is 1.25. The Kier molecular flexibility index (Phi) is 4.45. The highest BCUT2D eigenvalue weighted by atomic mass is 16.6. The number of carbonyl (C=O) groups is 1. The zero-order chi connectivity index (χ0) is 12.9. The number of esters is 1. The van der Waals surface area contributed by atoms with Crippen LogP contribution < -0.4 is 11.1 Å². The first-order valence-electron chi connectivity index (χ1n) is 5.52. The highest BCUT2D eigenvalue weighted by Gasteiger charge is 2.18. The fourth-order valence-corrected chi connectivity index (χ4v) is 1.25. The van der Waals surface area contributed by atoms with Gasteiger partial charge in [-0.05, 0) is 32.9 Å². The molecule has 0 fully saturated rings. The first-order valence-corrected chi connectivity index (χ1v) is 5.52. The van der Waals surface area contributed by atoms with E-state index in [1.54, 1.807) is 12.3 Å². The normalized spacial score (nSPS) is 12.9. The summed E-state index contributed by atoms with van der Waals surface area (Å²) in [5.74, 6) is 0.317. The van der Waals surface area contributed by atoms with Gasteiger partial charge in [-0.2, -0.15) is 0 Å². The number of nitrogens with zero attached hydrogens (tertiary/aromatic N) is 1. The molecular weight excluding hydrogens is 218 g/mol. The number of rotatable bonds is 4. The third kappa shape index (κ3) is 5.87. The van der Waals surface area contributed by atoms with Crippen molar-refractivity contribution < 1.29 is 9.53 Å². The average Bonchev–Trinajstić information content (AvgIpc) is 2.15. The molecule has 0 aliphatic rings. The van der Waals surface area contributed by atoms with Crippen molar-refractivity contribution in [1.82, 2.24) is 4.98 Å². The van der Waals surface area contributed by atoms with Gasteiger partial charge in [0.2, 0.25) is 0 Å². The zero-order valence-electron chi connectivity index (χ0n) is 10.4. The second-order valence-corrected chi connectivity index (χ2v) is 4.76. The molecule has 0 spiro atoms. The van der Waals surface area contributed by atoms with E-state index in [4.69, 9.17) is 10.5 Å². The predicted octanol–water partition coefficient (Wildman–Crippen LogP) is 1.51. The third-order valence-corrected chi connectivity index (χ3v) is 1.80. The van der Waals surface area contributed by atoms with Crippen LogP contribution in [-0.4, -0.2) is 22.7 Å². The van der Waals surface area contributed by atoms with Gasteiger partial charge in [-0.3, -0.25) is 4.79 Å². The van der Waals surface area contributed by atoms with Gasteiger partial charge < -0.3 is 15.8 Å². The van der Waals surface area contributed by atoms with E-state index in [1.807, 2.05) is 32.9 Å². The summed E-state index contributed by atoms with van der Waals surface area (Å²) in [4.78, 5) is 15.6. The molecule has 0 amide bonds. The smallest absolute Gasteiger partial charge is 0.309 e. The van der Waals surface area contributed by atoms with E-state index in [2.05, 4.69) is 10.3 Å². The minimum absolute atomic E-state index is 0.105. The maximum absolute atomic E-state index is 11.5. The van der Waals surface area contributed by atoms with E-state index < -0.39 is 11.8 Å². The Labute approximate surface area is 101 Å². The van der Waals surface area contributed by atoms with Crippen molar-refractivity contribution in [2.45, 2.75) is 39.0 Å². The number of nitrogens with two attached hydrogens (primary N) is 1. The Morgan fingerprint density at radius 1 is 1.53 bits per heavy atom. The molecule has 3 N–H and O–H groups in total. The first kappa shape index (κ1) is 13.4. The molecule has 1 unspecified atom stereocenters. The van der Waals surface area contributed by atoms with Gasteiger partial charge in [-0.15, -0.1) is 0 Å². The number of aromatic nitrogens is 1. The summed E-state index contributed by atoms with van der Waals surface area (Å²) in [6, 6.07) is 5.44. The highest BCUT2D eigenvalue weighted by molar-refractivity contribution is 5.71. The topological polar surface area (TPSA) is 77.2 Å². The van der Waals surface area contributed by atoms with Crippen molar-refractivity contribution in [2.75, 3.05) is 5.32 Å². The molecular formula is C12H19N3O2. The number of hydrogen-bond acceptors (Lipinski definition) is 5. The van der Waals surface area contributed by atoms with Crippen molar-refractivity contribution in [2.24, 2.45) is 5.73 Å². The van der Waals surface area contributed by atoms with Crippen LogP contribution in [0.4, 0.5) is 5.82 Å². The molecule has 0 aliphatic carbocycles. The second-order valence-electron chi connectivity index (χ2n) is 4.76. The van der Waals surface area contributed by atoms with Crippen molar-refractivity contribution >= 4 is 11.8 Å². The molecule has 1 heterocycles. The van der Waals surface area contributed by atoms with Crippen LogP contribution in [0.15, 0.2) is 24.4 Å². The monoisotopic (exact) mass is 237 g/mol. The van der Waals surface area contributed by atoms with Gasteiger partial charge in [0, 0.05) is 6.20 Å². The van der Waals surface area contributed by atoms with E-state index in [1.165, 1.54) is 0 Å². The van der Waals surface area contributed by atoms with Crippen LogP contribution in [0.25, 0.3) is 0 Å². The van der Waals surface area contributed by atoms with E-state index >= 15 is 0 Å². The molecule has 5 nitrogen and oxygen atoms in total. The molecule has 1 atom stereocenters. The average molecular weight is 237 g/mol. The Bertz CT molecular complexity index is 360. The molecule has 0 aromatic carbocycles. The standard InChI is InChI=1S/C12H19N3O2/c1-12(2,3)17-11(16)8-9(13)15-10-6-4-5-7-14-10/h4-7,9H,8,13H2,1-3H3,(H,14,15). The number of carbonyl (C=O) groups excluding carboxylic acids is 1. The molecule has 1 aromatic heterocycles. The lowest BCUT2D eigenvalue weighted by Crippen LogP contribution is -2.35. The largest absolute Gasteiger partial charge is 0.460 e. The summed E-state index contributed by atoms with van der Waals surface area (Å²) in [7, 11) is 0. The maximum atomic E-state index is 11.5. The van der Waals surface area contributed by atoms with Crippen LogP contribution >= 0.6 is 0 Å². The quantitative estimate of drug-likeness (QED) is 0.613. The predicted molar refractivity (Wildman–Crippen MR) is 66.3 cm³/mol. The lowest BCUT2D eigenvalue weighted by atomic mass is 10.2. The summed E-state index contributed by atoms with van der Waals surface area (Å²) in [5, 5.41) is 2.92. The molecule has 0 radical (unpaired) electrons. The molecule has 1 rings (SSSR count). The first-order chi connectivity index (χ1) is 7.87. The molecule has 1 aromatic rings. The number of nitrogens with one attached hydrogen (secondary N) is 1. The molecule has 5 heteroatoms. The number of ether oxygens (including phenoxy) is 1. The second kappa shape index (κ2) is 5.63. The van der Waals surface area contributed by atoms with Crippen molar-refractivity contribution in [3.8, 4) is 0 Å². The molecule has 0 aliphatic heterocycles. The van der Waals surface area contributed by atoms with Crippen molar-refractivity contribution in [3.05, 3.63) is 24.4 Å². The van der Waals surface area contributed by atoms with Gasteiger partial charge in [-0.25, -0.2) is 4.98 Å². The Balaban J connectivity index is 2.40. The summed E-state index contributed by atoms with van der Waals surface area (Å²) < 4.78 is 5.17. The molecule has 0 saturated heterocycles. The van der Waals surface area contributed by atoms with Crippen LogP contribution in [0.1, 0.15) is 27.2 Å². The van der Waals surface area contributed by atoms with Crippen molar-refractivity contribution in [1.29, 1.82) is 0 Å². The van der Waals surface area contributed by atoms with Crippen molar-refractivity contribution in [3.63, 3.8) is 0 Å². The fraction of sp³-hybridized carbons (Fsp3) is 0.500. The van der Waals surface area contributed by atoms with Gasteiger partial charge in [0.15, 0.2) is 0 Å². The number of anilines is 1. The number of hydrogen-bond donors (Lipinski definition) is 2. The summed E-state index contributed by atoms with van der Waals surface area (Å²) in [6.07, 6.45) is 1.26. The van der Waals surface area contributed by atoms with Gasteiger partial charge in [-0.1, -0.05) is 6.07 Å². The van der Waals surface area contributed by atoms with Gasteiger partial charge >= 0.3 is 5.97 Å². The summed E-state index contributed by atoms with van der Waals surface area (Å²) in [5.41, 5.74) is 5.29.